The summed E-state index contributed by atoms with van der Waals surface area (Å²) in [5.41, 5.74) is 0.762. The van der Waals surface area contributed by atoms with E-state index in [1.165, 1.54) is 0 Å². The number of hydrogen-bond acceptors (Lipinski definition) is 6. The summed E-state index contributed by atoms with van der Waals surface area (Å²) in [6.07, 6.45) is 5.03. The molecule has 0 aliphatic heterocycles. The van der Waals surface area contributed by atoms with Crippen LogP contribution < -0.4 is 10.2 Å². The molecule has 0 fully saturated rings. The number of nitrogens with zero attached hydrogens (tertiary/aromatic N) is 4. The van der Waals surface area contributed by atoms with Gasteiger partial charge in [-0.05, 0) is 25.4 Å². The number of rotatable bonds is 6. The molecule has 0 spiro atoms. The van der Waals surface area contributed by atoms with Crippen molar-refractivity contribution < 1.29 is 0 Å². The summed E-state index contributed by atoms with van der Waals surface area (Å²) in [5.74, 6) is 2.66. The normalized spacial score (nSPS) is 12.6. The van der Waals surface area contributed by atoms with E-state index in [2.05, 4.69) is 50.6 Å². The topological polar surface area (TPSA) is 69.7 Å². The first kappa shape index (κ1) is 13.9. The molecule has 6 nitrogen and oxygen atoms in total. The number of anilines is 2. The lowest BCUT2D eigenvalue weighted by Crippen LogP contribution is -2.30. The second kappa shape index (κ2) is 6.10. The fraction of sp³-hybridized carbons (Fsp3) is 0.583. The molecule has 0 radical (unpaired) electrons. The van der Waals surface area contributed by atoms with E-state index in [0.29, 0.717) is 12.0 Å². The van der Waals surface area contributed by atoms with Crippen LogP contribution in [0.25, 0.3) is 11.0 Å². The predicted molar refractivity (Wildman–Crippen MR) is 82.1 cm³/mol. The van der Waals surface area contributed by atoms with Gasteiger partial charge in [0.25, 0.3) is 0 Å². The van der Waals surface area contributed by atoms with Crippen LogP contribution in [0.3, 0.4) is 0 Å². The first-order valence-electron chi connectivity index (χ1n) is 6.28. The van der Waals surface area contributed by atoms with Crippen LogP contribution in [0.1, 0.15) is 13.3 Å². The van der Waals surface area contributed by atoms with Gasteiger partial charge in [0.1, 0.15) is 5.82 Å². The van der Waals surface area contributed by atoms with Crippen molar-refractivity contribution in [2.75, 3.05) is 36.3 Å². The monoisotopic (exact) mass is 280 g/mol. The molecule has 19 heavy (non-hydrogen) atoms. The molecule has 1 unspecified atom stereocenters. The molecule has 2 aromatic heterocycles. The van der Waals surface area contributed by atoms with Crippen molar-refractivity contribution in [2.24, 2.45) is 0 Å². The summed E-state index contributed by atoms with van der Waals surface area (Å²) in [4.78, 5) is 11.1. The van der Waals surface area contributed by atoms with Crippen LogP contribution in [-0.2, 0) is 0 Å². The summed E-state index contributed by atoms with van der Waals surface area (Å²) < 4.78 is 0. The van der Waals surface area contributed by atoms with E-state index < -0.39 is 0 Å². The smallest absolute Gasteiger partial charge is 0.226 e. The predicted octanol–water partition coefficient (Wildman–Crippen LogP) is 1.97. The number of H-pyrrole nitrogens is 1. The number of aromatic amines is 1. The summed E-state index contributed by atoms with van der Waals surface area (Å²) in [6, 6.07) is 0.421. The van der Waals surface area contributed by atoms with E-state index in [9.17, 15) is 0 Å². The van der Waals surface area contributed by atoms with Gasteiger partial charge in [0, 0.05) is 20.1 Å². The zero-order valence-corrected chi connectivity index (χ0v) is 12.6. The molecule has 104 valence electrons. The Hall–Kier alpha value is -1.50. The third-order valence-electron chi connectivity index (χ3n) is 3.25. The summed E-state index contributed by atoms with van der Waals surface area (Å²) in [7, 11) is 3.89. The number of fused-ring (bicyclic) bond motifs is 1. The first-order valence-corrected chi connectivity index (χ1v) is 7.67. The molecule has 2 N–H and O–H groups in total. The number of aromatic nitrogens is 4. The Morgan fingerprint density at radius 2 is 2.26 bits per heavy atom. The molecule has 2 aromatic rings. The number of nitrogens with one attached hydrogen (secondary N) is 2. The highest BCUT2D eigenvalue weighted by Crippen LogP contribution is 2.25. The van der Waals surface area contributed by atoms with Crippen LogP contribution >= 0.6 is 11.8 Å². The SMILES string of the molecule is CNc1nc(N(C)C(C)CCSC)c2cn[nH]c2n1. The highest BCUT2D eigenvalue weighted by molar-refractivity contribution is 7.98. The summed E-state index contributed by atoms with van der Waals surface area (Å²) in [6.45, 7) is 2.21. The van der Waals surface area contributed by atoms with E-state index in [-0.39, 0.29) is 0 Å². The lowest BCUT2D eigenvalue weighted by molar-refractivity contribution is 0.664. The van der Waals surface area contributed by atoms with Gasteiger partial charge in [0.2, 0.25) is 5.95 Å². The van der Waals surface area contributed by atoms with E-state index in [1.54, 1.807) is 6.20 Å². The average Bonchev–Trinajstić information content (AvgIpc) is 2.90. The summed E-state index contributed by atoms with van der Waals surface area (Å²) in [5, 5.41) is 10.9. The molecule has 0 aliphatic carbocycles. The standard InChI is InChI=1S/C12H20N6S/c1-8(5-6-19-4)18(3)11-9-7-14-17-10(9)15-12(13-2)16-11/h7-8H,5-6H2,1-4H3,(H2,13,14,15,16,17). The zero-order valence-electron chi connectivity index (χ0n) is 11.8. The Bertz CT molecular complexity index is 540. The Kier molecular flexibility index (Phi) is 4.47. The molecule has 0 bridgehead atoms. The second-order valence-electron chi connectivity index (χ2n) is 4.49. The van der Waals surface area contributed by atoms with Crippen LogP contribution in [0.15, 0.2) is 6.20 Å². The minimum absolute atomic E-state index is 0.421. The molecule has 2 rings (SSSR count). The molecule has 0 saturated carbocycles. The maximum absolute atomic E-state index is 4.56. The van der Waals surface area contributed by atoms with Crippen molar-refractivity contribution in [3.05, 3.63) is 6.20 Å². The van der Waals surface area contributed by atoms with Gasteiger partial charge >= 0.3 is 0 Å². The third-order valence-corrected chi connectivity index (χ3v) is 3.89. The van der Waals surface area contributed by atoms with Crippen molar-refractivity contribution in [3.63, 3.8) is 0 Å². The fourth-order valence-corrected chi connectivity index (χ4v) is 2.47. The van der Waals surface area contributed by atoms with Crippen LogP contribution in [0.2, 0.25) is 0 Å². The quantitative estimate of drug-likeness (QED) is 0.843. The number of hydrogen-bond donors (Lipinski definition) is 2. The van der Waals surface area contributed by atoms with E-state index in [1.807, 2.05) is 18.8 Å². The van der Waals surface area contributed by atoms with E-state index in [0.717, 1.165) is 29.0 Å². The van der Waals surface area contributed by atoms with Gasteiger partial charge in [-0.1, -0.05) is 0 Å². The Morgan fingerprint density at radius 3 is 2.95 bits per heavy atom. The average molecular weight is 280 g/mol. The lowest BCUT2D eigenvalue weighted by atomic mass is 10.2. The molecule has 7 heteroatoms. The van der Waals surface area contributed by atoms with Crippen LogP contribution in [0, 0.1) is 0 Å². The molecule has 0 aliphatic rings. The van der Waals surface area contributed by atoms with Gasteiger partial charge in [-0.3, -0.25) is 5.10 Å². The fourth-order valence-electron chi connectivity index (χ4n) is 1.89. The van der Waals surface area contributed by atoms with Crippen LogP contribution in [0.4, 0.5) is 11.8 Å². The molecular weight excluding hydrogens is 260 g/mol. The summed E-state index contributed by atoms with van der Waals surface area (Å²) >= 11 is 1.87. The van der Waals surface area contributed by atoms with Crippen LogP contribution in [0.5, 0.6) is 0 Å². The van der Waals surface area contributed by atoms with Gasteiger partial charge in [0.15, 0.2) is 5.65 Å². The molecule has 1 atom stereocenters. The Balaban J connectivity index is 2.34. The van der Waals surface area contributed by atoms with Gasteiger partial charge in [0.05, 0.1) is 11.6 Å². The van der Waals surface area contributed by atoms with Gasteiger partial charge < -0.3 is 10.2 Å². The van der Waals surface area contributed by atoms with Crippen molar-refractivity contribution in [1.29, 1.82) is 0 Å². The second-order valence-corrected chi connectivity index (χ2v) is 5.48. The van der Waals surface area contributed by atoms with Gasteiger partial charge in [-0.15, -0.1) is 0 Å². The maximum atomic E-state index is 4.56. The van der Waals surface area contributed by atoms with Crippen molar-refractivity contribution >= 4 is 34.6 Å². The highest BCUT2D eigenvalue weighted by Gasteiger charge is 2.16. The van der Waals surface area contributed by atoms with Crippen molar-refractivity contribution in [1.82, 2.24) is 20.2 Å². The lowest BCUT2D eigenvalue weighted by Gasteiger charge is -2.26. The molecule has 0 saturated heterocycles. The maximum Gasteiger partial charge on any atom is 0.226 e. The first-order chi connectivity index (χ1) is 9.17. The van der Waals surface area contributed by atoms with Gasteiger partial charge in [-0.25, -0.2) is 0 Å². The van der Waals surface area contributed by atoms with Gasteiger partial charge in [-0.2, -0.15) is 26.8 Å². The molecule has 2 heterocycles. The zero-order chi connectivity index (χ0) is 13.8. The number of thioether (sulfide) groups is 1. The minimum Gasteiger partial charge on any atom is -0.357 e. The molecule has 0 amide bonds. The van der Waals surface area contributed by atoms with E-state index in [4.69, 9.17) is 0 Å². The van der Waals surface area contributed by atoms with E-state index >= 15 is 0 Å². The molecule has 0 aromatic carbocycles. The molecular formula is C12H20N6S. The Labute approximate surface area is 117 Å². The largest absolute Gasteiger partial charge is 0.357 e. The highest BCUT2D eigenvalue weighted by atomic mass is 32.2. The van der Waals surface area contributed by atoms with Crippen molar-refractivity contribution in [3.8, 4) is 0 Å². The van der Waals surface area contributed by atoms with Crippen molar-refractivity contribution in [2.45, 2.75) is 19.4 Å². The minimum atomic E-state index is 0.421. The van der Waals surface area contributed by atoms with Crippen LogP contribution in [-0.4, -0.2) is 52.3 Å². The Morgan fingerprint density at radius 1 is 1.47 bits per heavy atom. The third kappa shape index (κ3) is 2.91.